The van der Waals surface area contributed by atoms with Crippen molar-refractivity contribution in [3.63, 3.8) is 0 Å². The van der Waals surface area contributed by atoms with Gasteiger partial charge in [-0.2, -0.15) is 0 Å². The van der Waals surface area contributed by atoms with Crippen molar-refractivity contribution in [3.8, 4) is 0 Å². The van der Waals surface area contributed by atoms with Crippen molar-refractivity contribution in [3.05, 3.63) is 52.5 Å². The molecule has 2 aromatic rings. The topological polar surface area (TPSA) is 94.7 Å². The summed E-state index contributed by atoms with van der Waals surface area (Å²) in [6.07, 6.45) is 5.02. The lowest BCUT2D eigenvalue weighted by molar-refractivity contribution is -0.0944. The van der Waals surface area contributed by atoms with Crippen LogP contribution in [-0.4, -0.2) is 20.7 Å². The van der Waals surface area contributed by atoms with Crippen molar-refractivity contribution in [2.24, 2.45) is 0 Å². The Balaban J connectivity index is 1.44. The van der Waals surface area contributed by atoms with Crippen LogP contribution in [-0.2, 0) is 23.5 Å². The van der Waals surface area contributed by atoms with Crippen molar-refractivity contribution < 1.29 is 4.74 Å². The van der Waals surface area contributed by atoms with Gasteiger partial charge < -0.3 is 15.5 Å². The van der Waals surface area contributed by atoms with Crippen molar-refractivity contribution in [1.29, 1.82) is 10.8 Å². The first-order valence-electron chi connectivity index (χ1n) is 9.88. The molecule has 7 heteroatoms. The Morgan fingerprint density at radius 2 is 2.10 bits per heavy atom. The van der Waals surface area contributed by atoms with Crippen LogP contribution >= 0.6 is 11.8 Å². The summed E-state index contributed by atoms with van der Waals surface area (Å²) in [5.74, 6) is 0.741. The van der Waals surface area contributed by atoms with Crippen LogP contribution in [0.1, 0.15) is 55.5 Å². The molecule has 1 aromatic heterocycles. The molecule has 29 heavy (non-hydrogen) atoms. The average molecular weight is 406 g/mol. The monoisotopic (exact) mass is 405 g/mol. The first-order valence-corrected chi connectivity index (χ1v) is 10.7. The molecule has 0 atom stereocenters. The standard InChI is InChI=1S/C22H23N5OS/c1-12(13(2)23)17-18-19(29-20(17)24)21(27-11-26-18)25-9-14-5-3-6-16-15(14)10-28-22(16)7-4-8-22/h3,5-6,11,23-24H,4,7-10H2,1-2H3,(H,25,26,27)/b17-12-,23-13?,24-20?. The molecule has 148 valence electrons. The summed E-state index contributed by atoms with van der Waals surface area (Å²) in [5.41, 5.74) is 6.59. The summed E-state index contributed by atoms with van der Waals surface area (Å²) in [5, 5.41) is 20.2. The molecule has 5 rings (SSSR count). The normalized spacial score (nSPS) is 20.3. The molecule has 1 saturated carbocycles. The maximum Gasteiger partial charge on any atom is 0.144 e. The number of thioether (sulfide) groups is 1. The molecule has 3 aliphatic rings. The van der Waals surface area contributed by atoms with Crippen molar-refractivity contribution in [2.75, 3.05) is 5.32 Å². The van der Waals surface area contributed by atoms with Gasteiger partial charge in [0.1, 0.15) is 17.2 Å². The van der Waals surface area contributed by atoms with Gasteiger partial charge in [0.05, 0.1) is 22.8 Å². The minimum Gasteiger partial charge on any atom is -0.366 e. The molecule has 0 unspecified atom stereocenters. The van der Waals surface area contributed by atoms with Crippen LogP contribution in [0.15, 0.2) is 35.0 Å². The van der Waals surface area contributed by atoms with E-state index in [1.54, 1.807) is 6.92 Å². The minimum atomic E-state index is -0.0335. The largest absolute Gasteiger partial charge is 0.366 e. The molecule has 0 amide bonds. The van der Waals surface area contributed by atoms with E-state index in [0.29, 0.717) is 23.9 Å². The van der Waals surface area contributed by atoms with Crippen LogP contribution in [0.25, 0.3) is 5.57 Å². The predicted molar refractivity (Wildman–Crippen MR) is 116 cm³/mol. The summed E-state index contributed by atoms with van der Waals surface area (Å²) in [7, 11) is 0. The van der Waals surface area contributed by atoms with E-state index >= 15 is 0 Å². The zero-order valence-corrected chi connectivity index (χ0v) is 17.4. The zero-order chi connectivity index (χ0) is 20.2. The number of nitrogens with zero attached hydrogens (tertiary/aromatic N) is 2. The highest BCUT2D eigenvalue weighted by Crippen LogP contribution is 2.51. The summed E-state index contributed by atoms with van der Waals surface area (Å²) in [6, 6.07) is 6.48. The lowest BCUT2D eigenvalue weighted by Crippen LogP contribution is -2.33. The Labute approximate surface area is 174 Å². The molecule has 0 bridgehead atoms. The molecule has 1 spiro atoms. The Morgan fingerprint density at radius 1 is 1.28 bits per heavy atom. The van der Waals surface area contributed by atoms with Crippen molar-refractivity contribution >= 4 is 33.9 Å². The summed E-state index contributed by atoms with van der Waals surface area (Å²) in [6.45, 7) is 4.95. The quantitative estimate of drug-likeness (QED) is 0.629. The Hall–Kier alpha value is -2.51. The molecule has 0 saturated heterocycles. The summed E-state index contributed by atoms with van der Waals surface area (Å²) >= 11 is 1.36. The van der Waals surface area contributed by atoms with E-state index in [9.17, 15) is 0 Å². The van der Waals surface area contributed by atoms with Crippen LogP contribution in [0.3, 0.4) is 0 Å². The number of hydrogen-bond acceptors (Lipinski definition) is 7. The number of allylic oxidation sites excluding steroid dienone is 1. The van der Waals surface area contributed by atoms with E-state index in [2.05, 4.69) is 33.5 Å². The van der Waals surface area contributed by atoms with E-state index in [1.165, 1.54) is 41.2 Å². The number of anilines is 1. The van der Waals surface area contributed by atoms with Gasteiger partial charge in [-0.3, -0.25) is 5.41 Å². The van der Waals surface area contributed by atoms with E-state index in [4.69, 9.17) is 15.6 Å². The number of fused-ring (bicyclic) bond motifs is 3. The molecule has 0 radical (unpaired) electrons. The highest BCUT2D eigenvalue weighted by Gasteiger charge is 2.45. The molecule has 1 aliphatic carbocycles. The van der Waals surface area contributed by atoms with Crippen LogP contribution in [0.5, 0.6) is 0 Å². The van der Waals surface area contributed by atoms with Gasteiger partial charge in [0.15, 0.2) is 0 Å². The third-order valence-electron chi connectivity index (χ3n) is 6.27. The summed E-state index contributed by atoms with van der Waals surface area (Å²) in [4.78, 5) is 9.73. The van der Waals surface area contributed by atoms with Crippen molar-refractivity contribution in [1.82, 2.24) is 9.97 Å². The molecule has 3 heterocycles. The van der Waals surface area contributed by atoms with Gasteiger partial charge in [-0.25, -0.2) is 9.97 Å². The molecule has 2 aliphatic heterocycles. The first-order chi connectivity index (χ1) is 14.0. The second kappa shape index (κ2) is 6.78. The van der Waals surface area contributed by atoms with E-state index in [0.717, 1.165) is 40.4 Å². The Bertz CT molecular complexity index is 1090. The van der Waals surface area contributed by atoms with Crippen LogP contribution in [0.4, 0.5) is 5.82 Å². The number of nitrogens with one attached hydrogen (secondary N) is 3. The second-order valence-electron chi connectivity index (χ2n) is 7.89. The predicted octanol–water partition coefficient (Wildman–Crippen LogP) is 4.89. The van der Waals surface area contributed by atoms with E-state index in [1.807, 2.05) is 6.92 Å². The van der Waals surface area contributed by atoms with Gasteiger partial charge in [0.25, 0.3) is 0 Å². The third kappa shape index (κ3) is 2.83. The molecule has 6 nitrogen and oxygen atoms in total. The zero-order valence-electron chi connectivity index (χ0n) is 16.6. The molecule has 3 N–H and O–H groups in total. The molecular formula is C22H23N5OS. The number of aromatic nitrogens is 2. The van der Waals surface area contributed by atoms with Gasteiger partial charge in [-0.1, -0.05) is 30.0 Å². The lowest BCUT2D eigenvalue weighted by Gasteiger charge is -2.38. The smallest absolute Gasteiger partial charge is 0.144 e. The van der Waals surface area contributed by atoms with Gasteiger partial charge in [-0.05, 0) is 55.4 Å². The number of hydrogen-bond donors (Lipinski definition) is 3. The van der Waals surface area contributed by atoms with Crippen LogP contribution < -0.4 is 5.32 Å². The fourth-order valence-electron chi connectivity index (χ4n) is 4.35. The molecular weight excluding hydrogens is 382 g/mol. The summed E-state index contributed by atoms with van der Waals surface area (Å²) < 4.78 is 6.18. The molecule has 1 fully saturated rings. The third-order valence-corrected chi connectivity index (χ3v) is 7.27. The lowest BCUT2D eigenvalue weighted by atomic mass is 9.74. The van der Waals surface area contributed by atoms with Gasteiger partial charge in [-0.15, -0.1) is 0 Å². The van der Waals surface area contributed by atoms with Crippen LogP contribution in [0, 0.1) is 10.8 Å². The molecule has 1 aromatic carbocycles. The van der Waals surface area contributed by atoms with E-state index in [-0.39, 0.29) is 5.60 Å². The Kier molecular flexibility index (Phi) is 4.33. The Morgan fingerprint density at radius 3 is 2.83 bits per heavy atom. The maximum absolute atomic E-state index is 8.38. The fraction of sp³-hybridized carbons (Fsp3) is 0.364. The number of rotatable bonds is 4. The van der Waals surface area contributed by atoms with Crippen molar-refractivity contribution in [2.45, 2.75) is 56.8 Å². The number of ether oxygens (including phenoxy) is 1. The van der Waals surface area contributed by atoms with Gasteiger partial charge in [0, 0.05) is 17.8 Å². The second-order valence-corrected chi connectivity index (χ2v) is 8.91. The minimum absolute atomic E-state index is 0.0335. The van der Waals surface area contributed by atoms with Crippen LogP contribution in [0.2, 0.25) is 0 Å². The number of benzene rings is 1. The highest BCUT2D eigenvalue weighted by molar-refractivity contribution is 8.15. The average Bonchev–Trinajstić information content (AvgIpc) is 3.23. The maximum atomic E-state index is 8.38. The first kappa shape index (κ1) is 18.5. The highest BCUT2D eigenvalue weighted by atomic mass is 32.2. The van der Waals surface area contributed by atoms with E-state index < -0.39 is 0 Å². The van der Waals surface area contributed by atoms with Gasteiger partial charge >= 0.3 is 0 Å². The SMILES string of the molecule is CC(=N)/C(C)=C1\C(=N)Sc2c(NCc3cccc4c3COC43CCC3)ncnc21. The fourth-order valence-corrected chi connectivity index (χ4v) is 5.38. The van der Waals surface area contributed by atoms with Gasteiger partial charge in [0.2, 0.25) is 0 Å².